The number of cyclic esters (lactones) is 1. The molecule has 11 heteroatoms. The second-order valence-corrected chi connectivity index (χ2v) is 8.93. The molecule has 1 aromatic carbocycles. The number of benzene rings is 1. The van der Waals surface area contributed by atoms with E-state index < -0.39 is 76.9 Å². The quantitative estimate of drug-likeness (QED) is 0.321. The third-order valence-electron chi connectivity index (χ3n) is 7.32. The normalized spacial score (nSPS) is 43.7. The van der Waals surface area contributed by atoms with Gasteiger partial charge < -0.3 is 34.6 Å². The molecule has 4 N–H and O–H groups in total. The van der Waals surface area contributed by atoms with Crippen LogP contribution < -0.4 is 0 Å². The molecule has 2 aliphatic heterocycles. The minimum Gasteiger partial charge on any atom is -0.457 e. The fourth-order valence-corrected chi connectivity index (χ4v) is 5.88. The number of esters is 2. The van der Waals surface area contributed by atoms with Crippen LogP contribution in [0.1, 0.15) is 23.2 Å². The van der Waals surface area contributed by atoms with Gasteiger partial charge in [0, 0.05) is 19.1 Å². The summed E-state index contributed by atoms with van der Waals surface area (Å²) in [5.74, 6) is -8.10. The van der Waals surface area contributed by atoms with Gasteiger partial charge in [-0.25, -0.2) is 9.18 Å². The summed E-state index contributed by atoms with van der Waals surface area (Å²) >= 11 is 0. The Hall–Kier alpha value is -2.70. The number of hydrogen-bond donors (Lipinski definition) is 4. The van der Waals surface area contributed by atoms with Crippen LogP contribution in [0.4, 0.5) is 4.39 Å². The molecular formula is C22H21FO10. The van der Waals surface area contributed by atoms with Crippen molar-refractivity contribution in [3.05, 3.63) is 47.5 Å². The van der Waals surface area contributed by atoms with Gasteiger partial charge in [-0.2, -0.15) is 0 Å². The highest BCUT2D eigenvalue weighted by molar-refractivity contribution is 6.05. The monoisotopic (exact) mass is 464 g/mol. The van der Waals surface area contributed by atoms with Gasteiger partial charge in [-0.1, -0.05) is 0 Å². The zero-order valence-electron chi connectivity index (χ0n) is 17.3. The van der Waals surface area contributed by atoms with Crippen molar-refractivity contribution in [3.8, 4) is 0 Å². The molecule has 1 unspecified atom stereocenters. The van der Waals surface area contributed by atoms with Gasteiger partial charge in [-0.05, 0) is 30.3 Å². The van der Waals surface area contributed by atoms with Crippen molar-refractivity contribution < 1.29 is 53.4 Å². The second-order valence-electron chi connectivity index (χ2n) is 8.93. The Labute approximate surface area is 186 Å². The van der Waals surface area contributed by atoms with E-state index in [4.69, 9.17) is 14.2 Å². The molecule has 0 spiro atoms. The average Bonchev–Trinajstić information content (AvgIpc) is 2.86. The van der Waals surface area contributed by atoms with Crippen LogP contribution in [0.2, 0.25) is 0 Å². The molecule has 176 valence electrons. The molecule has 1 aromatic rings. The second kappa shape index (κ2) is 6.90. The topological polar surface area (TPSA) is 160 Å². The van der Waals surface area contributed by atoms with E-state index in [1.807, 2.05) is 0 Å². The van der Waals surface area contributed by atoms with Crippen molar-refractivity contribution >= 4 is 17.7 Å². The van der Waals surface area contributed by atoms with Crippen molar-refractivity contribution in [2.45, 2.75) is 48.0 Å². The third kappa shape index (κ3) is 2.62. The Kier molecular flexibility index (Phi) is 4.63. The number of ketones is 1. The highest BCUT2D eigenvalue weighted by Crippen LogP contribution is 2.66. The summed E-state index contributed by atoms with van der Waals surface area (Å²) < 4.78 is 28.9. The number of aliphatic hydroxyl groups is 4. The minimum absolute atomic E-state index is 0.168. The standard InChI is InChI=1S/C22H21FO10/c1-31-11-6-12(32-14(24)7-11)16-20(28)8-13-18(26)21(16,29)17(22(20,30)19(27)33-13)15(25)9-2-4-10(23)5-3-9/h2-6,11,13,16-18,26,28-30H,7-8H2,1H3/t11?,13-,16-,17+,18-,20-,21+,22-/m1/s1. The maximum absolute atomic E-state index is 13.5. The predicted molar refractivity (Wildman–Crippen MR) is 103 cm³/mol. The fourth-order valence-electron chi connectivity index (χ4n) is 5.88. The van der Waals surface area contributed by atoms with Crippen molar-refractivity contribution in [2.75, 3.05) is 7.11 Å². The summed E-state index contributed by atoms with van der Waals surface area (Å²) in [7, 11) is 1.32. The Morgan fingerprint density at radius 2 is 1.85 bits per heavy atom. The minimum atomic E-state index is -3.00. The number of halogens is 1. The van der Waals surface area contributed by atoms with Crippen molar-refractivity contribution in [1.82, 2.24) is 0 Å². The molecule has 3 bridgehead atoms. The Balaban J connectivity index is 1.73. The maximum atomic E-state index is 13.5. The molecule has 33 heavy (non-hydrogen) atoms. The number of methoxy groups -OCH3 is 1. The van der Waals surface area contributed by atoms with E-state index in [2.05, 4.69) is 0 Å². The van der Waals surface area contributed by atoms with Crippen LogP contribution in [0, 0.1) is 17.7 Å². The van der Waals surface area contributed by atoms with Crippen LogP contribution in [0.5, 0.6) is 0 Å². The highest BCUT2D eigenvalue weighted by atomic mass is 19.1. The lowest BCUT2D eigenvalue weighted by Crippen LogP contribution is -2.70. The van der Waals surface area contributed by atoms with Gasteiger partial charge >= 0.3 is 11.9 Å². The van der Waals surface area contributed by atoms with Gasteiger partial charge in [0.1, 0.15) is 35.0 Å². The van der Waals surface area contributed by atoms with E-state index in [9.17, 15) is 39.2 Å². The van der Waals surface area contributed by atoms with E-state index in [1.165, 1.54) is 13.2 Å². The molecule has 0 amide bonds. The number of rotatable bonds is 4. The molecule has 2 aliphatic carbocycles. The Bertz CT molecular complexity index is 1090. The van der Waals surface area contributed by atoms with Gasteiger partial charge in [-0.15, -0.1) is 0 Å². The number of carbonyl (C=O) groups is 3. The summed E-state index contributed by atoms with van der Waals surface area (Å²) in [6, 6.07) is 4.10. The number of carbonyl (C=O) groups excluding carboxylic acids is 3. The van der Waals surface area contributed by atoms with Crippen LogP contribution in [0.3, 0.4) is 0 Å². The molecule has 2 heterocycles. The molecule has 0 aromatic heterocycles. The largest absolute Gasteiger partial charge is 0.457 e. The molecule has 3 fully saturated rings. The first-order valence-electron chi connectivity index (χ1n) is 10.3. The predicted octanol–water partition coefficient (Wildman–Crippen LogP) is -1.02. The number of fused-ring (bicyclic) bond motifs is 2. The van der Waals surface area contributed by atoms with Crippen LogP contribution in [-0.4, -0.2) is 80.4 Å². The molecule has 8 atom stereocenters. The van der Waals surface area contributed by atoms with Gasteiger partial charge in [0.15, 0.2) is 5.78 Å². The van der Waals surface area contributed by atoms with Crippen LogP contribution in [0.15, 0.2) is 36.1 Å². The van der Waals surface area contributed by atoms with Gasteiger partial charge in [0.05, 0.1) is 24.4 Å². The Morgan fingerprint density at radius 1 is 1.18 bits per heavy atom. The van der Waals surface area contributed by atoms with E-state index in [0.717, 1.165) is 24.3 Å². The summed E-state index contributed by atoms with van der Waals surface area (Å²) in [5, 5.41) is 46.1. The van der Waals surface area contributed by atoms with Crippen LogP contribution in [-0.2, 0) is 23.8 Å². The number of hydrogen-bond acceptors (Lipinski definition) is 10. The van der Waals surface area contributed by atoms with Crippen molar-refractivity contribution in [3.63, 3.8) is 0 Å². The SMILES string of the molecule is COC1C=C([C@H]2[C@@]3(O)[C@H](O)[C@H]4C[C@]2(O)[C@](O)(C(=O)O4)[C@H]3C(=O)c2ccc(F)cc2)OC(=O)C1. The molecule has 0 radical (unpaired) electrons. The molecular weight excluding hydrogens is 443 g/mol. The molecule has 2 saturated carbocycles. The first kappa shape index (κ1) is 22.1. The molecule has 1 saturated heterocycles. The summed E-state index contributed by atoms with van der Waals surface area (Å²) in [4.78, 5) is 38.6. The van der Waals surface area contributed by atoms with E-state index >= 15 is 0 Å². The number of aliphatic hydroxyl groups excluding tert-OH is 1. The number of ether oxygens (including phenoxy) is 3. The first-order valence-corrected chi connectivity index (χ1v) is 10.3. The van der Waals surface area contributed by atoms with Crippen molar-refractivity contribution in [1.29, 1.82) is 0 Å². The van der Waals surface area contributed by atoms with Gasteiger partial charge in [0.2, 0.25) is 5.60 Å². The van der Waals surface area contributed by atoms with Gasteiger partial charge in [0.25, 0.3) is 0 Å². The van der Waals surface area contributed by atoms with Crippen molar-refractivity contribution in [2.24, 2.45) is 11.8 Å². The Morgan fingerprint density at radius 3 is 2.48 bits per heavy atom. The molecule has 5 rings (SSSR count). The fraction of sp³-hybridized carbons (Fsp3) is 0.500. The van der Waals surface area contributed by atoms with E-state index in [1.54, 1.807) is 0 Å². The lowest BCUT2D eigenvalue weighted by molar-refractivity contribution is -0.262. The molecule has 10 nitrogen and oxygen atoms in total. The lowest BCUT2D eigenvalue weighted by atomic mass is 9.65. The molecule has 4 aliphatic rings. The van der Waals surface area contributed by atoms with E-state index in [0.29, 0.717) is 0 Å². The van der Waals surface area contributed by atoms with Crippen LogP contribution in [0.25, 0.3) is 0 Å². The third-order valence-corrected chi connectivity index (χ3v) is 7.32. The van der Waals surface area contributed by atoms with Gasteiger partial charge in [-0.3, -0.25) is 9.59 Å². The summed E-state index contributed by atoms with van der Waals surface area (Å²) in [6.07, 6.45) is -3.60. The smallest absolute Gasteiger partial charge is 0.342 e. The zero-order chi connectivity index (χ0) is 23.9. The number of Topliss-reactive ketones (excluding diaryl/α,β-unsaturated/α-hetero) is 1. The highest BCUT2D eigenvalue weighted by Gasteiger charge is 2.88. The maximum Gasteiger partial charge on any atom is 0.342 e. The van der Waals surface area contributed by atoms with Crippen LogP contribution >= 0.6 is 0 Å². The summed E-state index contributed by atoms with van der Waals surface area (Å²) in [5.41, 5.74) is -8.42. The summed E-state index contributed by atoms with van der Waals surface area (Å²) in [6.45, 7) is 0. The average molecular weight is 464 g/mol. The lowest BCUT2D eigenvalue weighted by Gasteiger charge is -2.51. The first-order chi connectivity index (χ1) is 15.5. The zero-order valence-corrected chi connectivity index (χ0v) is 17.3. The van der Waals surface area contributed by atoms with E-state index in [-0.39, 0.29) is 17.7 Å².